The van der Waals surface area contributed by atoms with Gasteiger partial charge in [-0.05, 0) is 5.56 Å². The van der Waals surface area contributed by atoms with E-state index in [4.69, 9.17) is 7.48 Å². The van der Waals surface area contributed by atoms with Gasteiger partial charge in [0.2, 0.25) is 0 Å². The fourth-order valence-electron chi connectivity index (χ4n) is 0.916. The molecule has 0 amide bonds. The summed E-state index contributed by atoms with van der Waals surface area (Å²) in [6.07, 6.45) is 0.794. The van der Waals surface area contributed by atoms with Gasteiger partial charge in [0.25, 0.3) is 10.1 Å². The van der Waals surface area contributed by atoms with E-state index in [2.05, 4.69) is 4.18 Å². The van der Waals surface area contributed by atoms with E-state index >= 15 is 0 Å². The van der Waals surface area contributed by atoms with Crippen LogP contribution >= 0.6 is 0 Å². The summed E-state index contributed by atoms with van der Waals surface area (Å²) < 4.78 is 45.4. The first-order valence-corrected chi connectivity index (χ1v) is 6.12. The zero-order valence-electron chi connectivity index (χ0n) is 10.3. The Hall–Kier alpha value is -0.910. The van der Waals surface area contributed by atoms with Crippen LogP contribution in [0, 0.1) is 0 Å². The topological polar surface area (TPSA) is 52.6 Å². The van der Waals surface area contributed by atoms with Gasteiger partial charge in [-0.15, -0.1) is 0 Å². The zero-order chi connectivity index (χ0) is 12.9. The lowest BCUT2D eigenvalue weighted by Gasteiger charge is -2.03. The maximum Gasteiger partial charge on any atom is 0.264 e. The molecule has 0 bridgehead atoms. The summed E-state index contributed by atoms with van der Waals surface area (Å²) in [5.74, 6) is 0. The van der Waals surface area contributed by atoms with Crippen molar-refractivity contribution in [3.63, 3.8) is 0 Å². The molecule has 5 heteroatoms. The van der Waals surface area contributed by atoms with Crippen LogP contribution in [0.15, 0.2) is 30.3 Å². The van der Waals surface area contributed by atoms with Crippen molar-refractivity contribution in [2.24, 2.45) is 0 Å². The average molecular weight is 232 g/mol. The van der Waals surface area contributed by atoms with E-state index in [1.165, 1.54) is 0 Å². The molecule has 1 rings (SSSR count). The van der Waals surface area contributed by atoms with Crippen LogP contribution in [0.25, 0.3) is 0 Å². The summed E-state index contributed by atoms with van der Waals surface area (Å²) >= 11 is 0. The minimum Gasteiger partial charge on any atom is -0.374 e. The smallest absolute Gasteiger partial charge is 0.264 e. The maximum absolute atomic E-state index is 10.8. The molecule has 0 aliphatic rings. The molecular weight excluding hydrogens is 216 g/mol. The molecule has 0 atom stereocenters. The molecule has 0 radical (unpaired) electrons. The monoisotopic (exact) mass is 232 g/mol. The minimum absolute atomic E-state index is 0.202. The van der Waals surface area contributed by atoms with Gasteiger partial charge >= 0.3 is 0 Å². The van der Waals surface area contributed by atoms with Gasteiger partial charge in [-0.2, -0.15) is 8.42 Å². The highest BCUT2D eigenvalue weighted by Crippen LogP contribution is 2.00. The predicted molar refractivity (Wildman–Crippen MR) is 56.9 cm³/mol. The van der Waals surface area contributed by atoms with Crippen LogP contribution < -0.4 is 0 Å². The Bertz CT molecular complexity index is 445. The molecule has 0 fully saturated rings. The molecule has 0 aromatic heterocycles. The largest absolute Gasteiger partial charge is 0.374 e. The number of rotatable bonds is 6. The normalized spacial score (nSPS) is 14.5. The first kappa shape index (κ1) is 9.33. The lowest BCUT2D eigenvalue weighted by Crippen LogP contribution is -2.09. The van der Waals surface area contributed by atoms with Gasteiger partial charge in [0, 0.05) is 0 Å². The number of ether oxygens (including phenoxy) is 1. The highest BCUT2D eigenvalue weighted by molar-refractivity contribution is 7.85. The van der Waals surface area contributed by atoms with Crippen molar-refractivity contribution >= 4 is 10.1 Å². The van der Waals surface area contributed by atoms with Crippen molar-refractivity contribution in [3.8, 4) is 0 Å². The Kier molecular flexibility index (Phi) is 3.63. The summed E-state index contributed by atoms with van der Waals surface area (Å²) in [4.78, 5) is 0. The maximum atomic E-state index is 10.8. The summed E-state index contributed by atoms with van der Waals surface area (Å²) in [6.45, 7) is -2.59. The third-order valence-corrected chi connectivity index (χ3v) is 1.90. The van der Waals surface area contributed by atoms with Crippen LogP contribution in [-0.2, 0) is 25.6 Å². The molecule has 1 aromatic rings. The Balaban J connectivity index is 2.40. The Labute approximate surface area is 92.8 Å². The quantitative estimate of drug-likeness (QED) is 0.691. The van der Waals surface area contributed by atoms with Crippen molar-refractivity contribution in [1.82, 2.24) is 0 Å². The fraction of sp³-hybridized carbons (Fsp3) is 0.400. The molecule has 0 saturated carbocycles. The average Bonchev–Trinajstić information content (AvgIpc) is 2.15. The van der Waals surface area contributed by atoms with Crippen molar-refractivity contribution in [1.29, 1.82) is 0 Å². The molecule has 84 valence electrons. The van der Waals surface area contributed by atoms with Gasteiger partial charge in [0.1, 0.15) is 0 Å². The van der Waals surface area contributed by atoms with Crippen molar-refractivity contribution in [2.45, 2.75) is 6.61 Å². The lowest BCUT2D eigenvalue weighted by atomic mass is 10.2. The van der Waals surface area contributed by atoms with Gasteiger partial charge in [0.15, 0.2) is 0 Å². The molecule has 0 aliphatic heterocycles. The predicted octanol–water partition coefficient (Wildman–Crippen LogP) is 1.18. The van der Waals surface area contributed by atoms with Gasteiger partial charge in [-0.3, -0.25) is 4.18 Å². The Morgan fingerprint density at radius 1 is 1.33 bits per heavy atom. The van der Waals surface area contributed by atoms with E-state index in [9.17, 15) is 8.42 Å². The lowest BCUT2D eigenvalue weighted by molar-refractivity contribution is 0.0911. The first-order chi connectivity index (χ1) is 7.79. The fourth-order valence-corrected chi connectivity index (χ4v) is 1.18. The second-order valence-electron chi connectivity index (χ2n) is 2.91. The van der Waals surface area contributed by atoms with Crippen molar-refractivity contribution in [3.05, 3.63) is 35.9 Å². The van der Waals surface area contributed by atoms with Gasteiger partial charge < -0.3 is 4.74 Å². The second-order valence-corrected chi connectivity index (χ2v) is 4.49. The number of benzene rings is 1. The number of hydrogen-bond donors (Lipinski definition) is 0. The molecule has 15 heavy (non-hydrogen) atoms. The molecule has 0 unspecified atom stereocenters. The first-order valence-electron chi connectivity index (χ1n) is 5.31. The second kappa shape index (κ2) is 5.85. The van der Waals surface area contributed by atoms with Crippen LogP contribution in [0.2, 0.25) is 0 Å². The molecule has 1 aromatic carbocycles. The van der Waals surface area contributed by atoms with E-state index in [0.717, 1.165) is 11.8 Å². The van der Waals surface area contributed by atoms with Crippen LogP contribution in [0.4, 0.5) is 0 Å². The summed E-state index contributed by atoms with van der Waals surface area (Å²) in [6, 6.07) is 9.18. The summed E-state index contributed by atoms with van der Waals surface area (Å²) in [5, 5.41) is 0. The van der Waals surface area contributed by atoms with Crippen LogP contribution in [0.3, 0.4) is 0 Å². The van der Waals surface area contributed by atoms with Crippen LogP contribution in [-0.4, -0.2) is 27.8 Å². The third-order valence-electron chi connectivity index (χ3n) is 1.48. The SMILES string of the molecule is [2H]C([2H])(COCc1ccccc1)OS(C)(=O)=O. The van der Waals surface area contributed by atoms with Crippen molar-refractivity contribution < 1.29 is 20.1 Å². The van der Waals surface area contributed by atoms with Gasteiger partial charge in [-0.25, -0.2) is 0 Å². The van der Waals surface area contributed by atoms with Gasteiger partial charge in [0.05, 0.1) is 28.8 Å². The van der Waals surface area contributed by atoms with Gasteiger partial charge in [-0.1, -0.05) is 30.3 Å². The third kappa shape index (κ3) is 6.22. The molecule has 0 spiro atoms. The highest BCUT2D eigenvalue weighted by Gasteiger charge is 2.00. The summed E-state index contributed by atoms with van der Waals surface area (Å²) in [5.41, 5.74) is 0.877. The van der Waals surface area contributed by atoms with Crippen LogP contribution in [0.5, 0.6) is 0 Å². The van der Waals surface area contributed by atoms with E-state index < -0.39 is 23.3 Å². The molecule has 0 saturated heterocycles. The minimum atomic E-state index is -3.83. The number of hydrogen-bond acceptors (Lipinski definition) is 4. The van der Waals surface area contributed by atoms with E-state index in [1.54, 1.807) is 0 Å². The van der Waals surface area contributed by atoms with E-state index in [1.807, 2.05) is 30.3 Å². The van der Waals surface area contributed by atoms with E-state index in [-0.39, 0.29) is 6.61 Å². The standard InChI is InChI=1S/C10H14O4S/c1-15(11,12)14-8-7-13-9-10-5-3-2-4-6-10/h2-6H,7-9H2,1H3/i8D2. The molecular formula is C10H14O4S. The van der Waals surface area contributed by atoms with E-state index in [0.29, 0.717) is 0 Å². The molecule has 4 nitrogen and oxygen atoms in total. The van der Waals surface area contributed by atoms with Crippen LogP contribution in [0.1, 0.15) is 8.30 Å². The molecule has 0 heterocycles. The zero-order valence-corrected chi connectivity index (χ0v) is 9.16. The Morgan fingerprint density at radius 2 is 2.00 bits per heavy atom. The molecule has 0 aliphatic carbocycles. The summed E-state index contributed by atoms with van der Waals surface area (Å²) in [7, 11) is -3.83. The Morgan fingerprint density at radius 3 is 2.60 bits per heavy atom. The molecule has 0 N–H and O–H groups in total. The van der Waals surface area contributed by atoms with Crippen molar-refractivity contribution in [2.75, 3.05) is 19.4 Å². The highest BCUT2D eigenvalue weighted by atomic mass is 32.2.